The second-order valence-corrected chi connectivity index (χ2v) is 6.88. The first-order valence-corrected chi connectivity index (χ1v) is 8.56. The van der Waals surface area contributed by atoms with Crippen LogP contribution >= 0.6 is 27.7 Å². The number of nitrogens with one attached hydrogen (secondary N) is 1. The van der Waals surface area contributed by atoms with Crippen molar-refractivity contribution in [3.8, 4) is 5.75 Å². The van der Waals surface area contributed by atoms with Crippen LogP contribution in [0, 0.1) is 10.1 Å². The molecule has 0 saturated carbocycles. The van der Waals surface area contributed by atoms with E-state index in [-0.39, 0.29) is 16.4 Å². The maximum Gasteiger partial charge on any atom is 0.312 e. The van der Waals surface area contributed by atoms with Crippen LogP contribution in [0.4, 0.5) is 11.4 Å². The van der Waals surface area contributed by atoms with Crippen molar-refractivity contribution in [1.82, 2.24) is 5.32 Å². The Morgan fingerprint density at radius 1 is 1.28 bits per heavy atom. The van der Waals surface area contributed by atoms with Gasteiger partial charge in [0.05, 0.1) is 15.5 Å². The molecular weight excluding hydrogens is 410 g/mol. The van der Waals surface area contributed by atoms with Crippen molar-refractivity contribution in [1.29, 1.82) is 0 Å². The highest BCUT2D eigenvalue weighted by Crippen LogP contribution is 2.37. The molecule has 2 aromatic rings. The van der Waals surface area contributed by atoms with E-state index in [1.165, 1.54) is 18.2 Å². The van der Waals surface area contributed by atoms with Crippen LogP contribution in [0.2, 0.25) is 0 Å². The van der Waals surface area contributed by atoms with Gasteiger partial charge in [-0.1, -0.05) is 34.1 Å². The lowest BCUT2D eigenvalue weighted by Gasteiger charge is -2.02. The van der Waals surface area contributed by atoms with E-state index in [2.05, 4.69) is 26.2 Å². The van der Waals surface area contributed by atoms with E-state index < -0.39 is 16.4 Å². The topological polar surface area (TPSA) is 105 Å². The molecule has 0 unspecified atom stereocenters. The predicted octanol–water partition coefficient (Wildman–Crippen LogP) is 3.95. The van der Waals surface area contributed by atoms with Crippen LogP contribution in [0.1, 0.15) is 5.56 Å². The summed E-state index contributed by atoms with van der Waals surface area (Å²) >= 11 is 4.25. The molecule has 1 heterocycles. The Morgan fingerprint density at radius 3 is 2.68 bits per heavy atom. The van der Waals surface area contributed by atoms with E-state index in [1.807, 2.05) is 18.2 Å². The minimum absolute atomic E-state index is 0.166. The Bertz CT molecular complexity index is 928. The van der Waals surface area contributed by atoms with Crippen LogP contribution in [0.3, 0.4) is 0 Å². The smallest absolute Gasteiger partial charge is 0.312 e. The van der Waals surface area contributed by atoms with Gasteiger partial charge in [0.1, 0.15) is 0 Å². The van der Waals surface area contributed by atoms with Gasteiger partial charge in [0.15, 0.2) is 5.17 Å². The van der Waals surface area contributed by atoms with Gasteiger partial charge in [-0.05, 0) is 36.0 Å². The number of amidine groups is 1. The highest BCUT2D eigenvalue weighted by atomic mass is 79.9. The molecule has 2 aromatic carbocycles. The number of para-hydroxylation sites is 1. The van der Waals surface area contributed by atoms with Crippen LogP contribution in [0.5, 0.6) is 5.75 Å². The van der Waals surface area contributed by atoms with Gasteiger partial charge in [-0.15, -0.1) is 0 Å². The highest BCUT2D eigenvalue weighted by Gasteiger charge is 2.25. The number of phenolic OH excluding ortho intramolecular Hbond substituents is 1. The number of aliphatic imine (C=N–C) groups is 1. The molecule has 9 heteroatoms. The number of carbonyl (C=O) groups is 1. The molecule has 1 amide bonds. The zero-order chi connectivity index (χ0) is 18.0. The summed E-state index contributed by atoms with van der Waals surface area (Å²) in [5.41, 5.74) is 0.412. The number of benzene rings is 2. The van der Waals surface area contributed by atoms with E-state index >= 15 is 0 Å². The third kappa shape index (κ3) is 3.89. The Kier molecular flexibility index (Phi) is 4.86. The molecule has 0 aromatic heterocycles. The number of nitro groups is 1. The summed E-state index contributed by atoms with van der Waals surface area (Å²) in [4.78, 5) is 27.0. The van der Waals surface area contributed by atoms with Crippen molar-refractivity contribution in [2.45, 2.75) is 0 Å². The molecule has 126 valence electrons. The quantitative estimate of drug-likeness (QED) is 0.445. The number of nitrogens with zero attached hydrogens (tertiary/aromatic N) is 2. The first-order chi connectivity index (χ1) is 11.9. The number of rotatable bonds is 3. The number of carbonyl (C=O) groups excluding carboxylic acids is 1. The zero-order valence-corrected chi connectivity index (χ0v) is 14.9. The van der Waals surface area contributed by atoms with Crippen molar-refractivity contribution in [2.24, 2.45) is 4.99 Å². The normalized spacial score (nSPS) is 17.1. The molecule has 0 aliphatic carbocycles. The molecule has 2 N–H and O–H groups in total. The summed E-state index contributed by atoms with van der Waals surface area (Å²) in [6.07, 6.45) is 1.39. The minimum Gasteiger partial charge on any atom is -0.502 e. The van der Waals surface area contributed by atoms with E-state index in [1.54, 1.807) is 12.1 Å². The fraction of sp³-hybridized carbons (Fsp3) is 0. The summed E-state index contributed by atoms with van der Waals surface area (Å²) in [6, 6.07) is 11.8. The molecule has 0 bridgehead atoms. The SMILES string of the molecule is O=C1NC(=Nc2ccccc2)S/C1=C/c1cc(Br)cc([N+](=O)[O-])c1O. The number of hydrogen-bond donors (Lipinski definition) is 2. The monoisotopic (exact) mass is 419 g/mol. The van der Waals surface area contributed by atoms with Gasteiger partial charge in [-0.25, -0.2) is 4.99 Å². The van der Waals surface area contributed by atoms with Crippen molar-refractivity contribution >= 4 is 56.2 Å². The molecule has 0 atom stereocenters. The number of amides is 1. The average Bonchev–Trinajstić information content (AvgIpc) is 2.90. The molecule has 1 aliphatic heterocycles. The van der Waals surface area contributed by atoms with Gasteiger partial charge in [0.2, 0.25) is 5.75 Å². The van der Waals surface area contributed by atoms with E-state index in [0.29, 0.717) is 15.3 Å². The third-order valence-corrected chi connectivity index (χ3v) is 4.57. The number of nitro benzene ring substituents is 1. The maximum atomic E-state index is 12.1. The van der Waals surface area contributed by atoms with Gasteiger partial charge >= 0.3 is 5.69 Å². The molecule has 25 heavy (non-hydrogen) atoms. The van der Waals surface area contributed by atoms with Crippen molar-refractivity contribution in [3.05, 3.63) is 67.5 Å². The van der Waals surface area contributed by atoms with Crippen molar-refractivity contribution < 1.29 is 14.8 Å². The van der Waals surface area contributed by atoms with E-state index in [4.69, 9.17) is 0 Å². The second-order valence-electron chi connectivity index (χ2n) is 4.94. The lowest BCUT2D eigenvalue weighted by atomic mass is 10.1. The molecular formula is C16H10BrN3O4S. The number of phenols is 1. The molecule has 1 fully saturated rings. The van der Waals surface area contributed by atoms with Crippen LogP contribution in [-0.2, 0) is 4.79 Å². The first-order valence-electron chi connectivity index (χ1n) is 6.95. The zero-order valence-electron chi connectivity index (χ0n) is 12.5. The van der Waals surface area contributed by atoms with Crippen LogP contribution < -0.4 is 5.32 Å². The predicted molar refractivity (Wildman–Crippen MR) is 99.7 cm³/mol. The summed E-state index contributed by atoms with van der Waals surface area (Å²) < 4.78 is 0.422. The standard InChI is InChI=1S/C16H10BrN3O4S/c17-10-6-9(14(21)12(8-10)20(23)24)7-13-15(22)19-16(25-13)18-11-4-2-1-3-5-11/h1-8,21H,(H,18,19,22)/b13-7+. The van der Waals surface area contributed by atoms with Crippen LogP contribution in [0.25, 0.3) is 6.08 Å². The molecule has 1 aliphatic rings. The summed E-state index contributed by atoms with van der Waals surface area (Å²) in [6.45, 7) is 0. The average molecular weight is 420 g/mol. The Labute approximate surface area is 154 Å². The summed E-state index contributed by atoms with van der Waals surface area (Å²) in [7, 11) is 0. The van der Waals surface area contributed by atoms with Gasteiger partial charge in [0.25, 0.3) is 5.91 Å². The Hall–Kier alpha value is -2.65. The van der Waals surface area contributed by atoms with Crippen molar-refractivity contribution in [3.63, 3.8) is 0 Å². The van der Waals surface area contributed by atoms with Gasteiger partial charge in [0, 0.05) is 16.1 Å². The largest absolute Gasteiger partial charge is 0.502 e. The first kappa shape index (κ1) is 17.2. The number of halogens is 1. The van der Waals surface area contributed by atoms with Gasteiger partial charge < -0.3 is 10.4 Å². The Morgan fingerprint density at radius 2 is 2.00 bits per heavy atom. The fourth-order valence-corrected chi connectivity index (χ4v) is 3.39. The van der Waals surface area contributed by atoms with E-state index in [0.717, 1.165) is 11.8 Å². The lowest BCUT2D eigenvalue weighted by Crippen LogP contribution is -2.19. The van der Waals surface area contributed by atoms with Crippen LogP contribution in [-0.4, -0.2) is 21.1 Å². The minimum atomic E-state index is -0.688. The Balaban J connectivity index is 1.94. The molecule has 1 saturated heterocycles. The number of aromatic hydroxyl groups is 1. The lowest BCUT2D eigenvalue weighted by molar-refractivity contribution is -0.385. The molecule has 0 spiro atoms. The third-order valence-electron chi connectivity index (χ3n) is 3.21. The van der Waals surface area contributed by atoms with Crippen molar-refractivity contribution in [2.75, 3.05) is 0 Å². The van der Waals surface area contributed by atoms with Gasteiger partial charge in [-0.3, -0.25) is 14.9 Å². The molecule has 7 nitrogen and oxygen atoms in total. The fourth-order valence-electron chi connectivity index (χ4n) is 2.10. The highest BCUT2D eigenvalue weighted by molar-refractivity contribution is 9.10. The second kappa shape index (κ2) is 7.08. The molecule has 3 rings (SSSR count). The molecule has 0 radical (unpaired) electrons. The number of thioether (sulfide) groups is 1. The van der Waals surface area contributed by atoms with Gasteiger partial charge in [-0.2, -0.15) is 0 Å². The number of hydrogen-bond acceptors (Lipinski definition) is 6. The maximum absolute atomic E-state index is 12.1. The van der Waals surface area contributed by atoms with Crippen LogP contribution in [0.15, 0.2) is 56.8 Å². The summed E-state index contributed by atoms with van der Waals surface area (Å²) in [5, 5.41) is 24.1. The van der Waals surface area contributed by atoms with E-state index in [9.17, 15) is 20.0 Å². The summed E-state index contributed by atoms with van der Waals surface area (Å²) in [5.74, 6) is -0.885.